The van der Waals surface area contributed by atoms with Crippen LogP contribution in [0.5, 0.6) is 0 Å². The van der Waals surface area contributed by atoms with Crippen LogP contribution in [0.4, 0.5) is 0 Å². The number of nitrogens with one attached hydrogen (secondary N) is 3. The molecule has 26 heavy (non-hydrogen) atoms. The Morgan fingerprint density at radius 1 is 0.923 bits per heavy atom. The van der Waals surface area contributed by atoms with Crippen LogP contribution in [0, 0.1) is 13.8 Å². The number of hydrogen-bond donors (Lipinski definition) is 4. The Labute approximate surface area is 152 Å². The SMILES string of the molecule is CC(=O)NCCNC(=O)CCC(=O)NC(C(=O)O)c1cc(C)cc(C)c1. The molecule has 0 aromatic heterocycles. The summed E-state index contributed by atoms with van der Waals surface area (Å²) >= 11 is 0. The Bertz CT molecular complexity index is 667. The van der Waals surface area contributed by atoms with Gasteiger partial charge in [-0.15, -0.1) is 0 Å². The van der Waals surface area contributed by atoms with Crippen molar-refractivity contribution in [1.29, 1.82) is 0 Å². The van der Waals surface area contributed by atoms with Crippen molar-refractivity contribution in [2.45, 2.75) is 39.7 Å². The summed E-state index contributed by atoms with van der Waals surface area (Å²) in [5, 5.41) is 16.9. The molecule has 8 heteroatoms. The van der Waals surface area contributed by atoms with Crippen LogP contribution < -0.4 is 16.0 Å². The van der Waals surface area contributed by atoms with E-state index in [0.717, 1.165) is 11.1 Å². The predicted molar refractivity (Wildman–Crippen MR) is 95.4 cm³/mol. The number of hydrogen-bond acceptors (Lipinski definition) is 4. The molecule has 3 amide bonds. The minimum absolute atomic E-state index is 0.0644. The van der Waals surface area contributed by atoms with Crippen LogP contribution in [-0.2, 0) is 19.2 Å². The van der Waals surface area contributed by atoms with Crippen molar-refractivity contribution in [3.8, 4) is 0 Å². The summed E-state index contributed by atoms with van der Waals surface area (Å²) in [7, 11) is 0. The molecule has 0 spiro atoms. The molecule has 1 atom stereocenters. The highest BCUT2D eigenvalue weighted by molar-refractivity contribution is 5.87. The highest BCUT2D eigenvalue weighted by Gasteiger charge is 2.22. The van der Waals surface area contributed by atoms with Gasteiger partial charge in [0.05, 0.1) is 0 Å². The second-order valence-corrected chi connectivity index (χ2v) is 6.09. The first-order chi connectivity index (χ1) is 12.2. The van der Waals surface area contributed by atoms with Gasteiger partial charge in [-0.05, 0) is 19.4 Å². The third-order valence-corrected chi connectivity index (χ3v) is 3.53. The van der Waals surface area contributed by atoms with Crippen LogP contribution in [0.15, 0.2) is 18.2 Å². The molecule has 1 rings (SSSR count). The molecule has 0 fully saturated rings. The zero-order chi connectivity index (χ0) is 19.7. The van der Waals surface area contributed by atoms with Crippen molar-refractivity contribution >= 4 is 23.7 Å². The summed E-state index contributed by atoms with van der Waals surface area (Å²) in [4.78, 5) is 45.9. The van der Waals surface area contributed by atoms with E-state index in [9.17, 15) is 24.3 Å². The van der Waals surface area contributed by atoms with Crippen LogP contribution in [0.25, 0.3) is 0 Å². The molecule has 1 aromatic rings. The van der Waals surface area contributed by atoms with E-state index in [-0.39, 0.29) is 31.2 Å². The number of aryl methyl sites for hydroxylation is 2. The van der Waals surface area contributed by atoms with Crippen LogP contribution in [0.1, 0.15) is 42.5 Å². The topological polar surface area (TPSA) is 125 Å². The molecule has 0 heterocycles. The molecule has 0 aliphatic heterocycles. The molecular weight excluding hydrogens is 338 g/mol. The molecule has 8 nitrogen and oxygen atoms in total. The maximum absolute atomic E-state index is 12.0. The van der Waals surface area contributed by atoms with Gasteiger partial charge in [0.15, 0.2) is 6.04 Å². The van der Waals surface area contributed by atoms with E-state index in [0.29, 0.717) is 12.1 Å². The minimum atomic E-state index is -1.16. The molecule has 0 saturated carbocycles. The van der Waals surface area contributed by atoms with Crippen LogP contribution in [0.2, 0.25) is 0 Å². The van der Waals surface area contributed by atoms with E-state index in [2.05, 4.69) is 16.0 Å². The molecule has 142 valence electrons. The monoisotopic (exact) mass is 363 g/mol. The third-order valence-electron chi connectivity index (χ3n) is 3.53. The Hall–Kier alpha value is -2.90. The van der Waals surface area contributed by atoms with Gasteiger partial charge in [0, 0.05) is 32.9 Å². The average Bonchev–Trinajstić information content (AvgIpc) is 2.53. The lowest BCUT2D eigenvalue weighted by atomic mass is 10.0. The molecule has 0 radical (unpaired) electrons. The van der Waals surface area contributed by atoms with E-state index in [1.807, 2.05) is 19.9 Å². The molecule has 0 aliphatic rings. The van der Waals surface area contributed by atoms with Crippen molar-refractivity contribution in [2.75, 3.05) is 13.1 Å². The molecule has 1 aromatic carbocycles. The number of carboxylic acids is 1. The summed E-state index contributed by atoms with van der Waals surface area (Å²) < 4.78 is 0. The van der Waals surface area contributed by atoms with Crippen molar-refractivity contribution < 1.29 is 24.3 Å². The van der Waals surface area contributed by atoms with Gasteiger partial charge in [-0.2, -0.15) is 0 Å². The second kappa shape index (κ2) is 10.2. The molecule has 0 aliphatic carbocycles. The van der Waals surface area contributed by atoms with E-state index in [4.69, 9.17) is 0 Å². The smallest absolute Gasteiger partial charge is 0.330 e. The Morgan fingerprint density at radius 2 is 1.46 bits per heavy atom. The predicted octanol–water partition coefficient (Wildman–Crippen LogP) is 0.578. The highest BCUT2D eigenvalue weighted by Crippen LogP contribution is 2.17. The molecule has 1 unspecified atom stereocenters. The summed E-state index contributed by atoms with van der Waals surface area (Å²) in [5.41, 5.74) is 2.29. The van der Waals surface area contributed by atoms with Crippen molar-refractivity contribution in [1.82, 2.24) is 16.0 Å². The zero-order valence-corrected chi connectivity index (χ0v) is 15.2. The fourth-order valence-electron chi connectivity index (χ4n) is 2.45. The van der Waals surface area contributed by atoms with Crippen molar-refractivity contribution in [2.24, 2.45) is 0 Å². The van der Waals surface area contributed by atoms with Gasteiger partial charge < -0.3 is 21.1 Å². The normalized spacial score (nSPS) is 11.3. The maximum atomic E-state index is 12.0. The van der Waals surface area contributed by atoms with Gasteiger partial charge in [-0.1, -0.05) is 29.3 Å². The number of amides is 3. The summed E-state index contributed by atoms with van der Waals surface area (Å²) in [5.74, 6) is -2.22. The van der Waals surface area contributed by atoms with Crippen LogP contribution in [-0.4, -0.2) is 41.9 Å². The third kappa shape index (κ3) is 7.78. The maximum Gasteiger partial charge on any atom is 0.330 e. The van der Waals surface area contributed by atoms with Gasteiger partial charge in [0.1, 0.15) is 0 Å². The Kier molecular flexibility index (Phi) is 8.27. The lowest BCUT2D eigenvalue weighted by molar-refractivity contribution is -0.142. The first-order valence-corrected chi connectivity index (χ1v) is 8.30. The second-order valence-electron chi connectivity index (χ2n) is 6.09. The Balaban J connectivity index is 2.51. The lowest BCUT2D eigenvalue weighted by Gasteiger charge is -2.16. The standard InChI is InChI=1S/C18H25N3O5/c1-11-8-12(2)10-14(9-11)17(18(25)26)21-16(24)5-4-15(23)20-7-6-19-13(3)22/h8-10,17H,4-7H2,1-3H3,(H,19,22)(H,20,23)(H,21,24)(H,25,26). The number of carboxylic acid groups (broad SMARTS) is 1. The van der Waals surface area contributed by atoms with Gasteiger partial charge in [0.2, 0.25) is 17.7 Å². The molecule has 4 N–H and O–H groups in total. The number of rotatable bonds is 9. The zero-order valence-electron chi connectivity index (χ0n) is 15.2. The van der Waals surface area contributed by atoms with Gasteiger partial charge in [-0.25, -0.2) is 4.79 Å². The van der Waals surface area contributed by atoms with Crippen molar-refractivity contribution in [3.63, 3.8) is 0 Å². The van der Waals surface area contributed by atoms with Crippen molar-refractivity contribution in [3.05, 3.63) is 34.9 Å². The van der Waals surface area contributed by atoms with Crippen LogP contribution >= 0.6 is 0 Å². The average molecular weight is 363 g/mol. The minimum Gasteiger partial charge on any atom is -0.479 e. The summed E-state index contributed by atoms with van der Waals surface area (Å²) in [6.45, 7) is 5.65. The molecular formula is C18H25N3O5. The highest BCUT2D eigenvalue weighted by atomic mass is 16.4. The summed E-state index contributed by atoms with van der Waals surface area (Å²) in [6, 6.07) is 4.17. The van der Waals surface area contributed by atoms with E-state index in [1.54, 1.807) is 12.1 Å². The van der Waals surface area contributed by atoms with E-state index < -0.39 is 17.9 Å². The van der Waals surface area contributed by atoms with Crippen LogP contribution in [0.3, 0.4) is 0 Å². The van der Waals surface area contributed by atoms with Gasteiger partial charge >= 0.3 is 5.97 Å². The number of carbonyl (C=O) groups is 4. The largest absolute Gasteiger partial charge is 0.479 e. The van der Waals surface area contributed by atoms with Gasteiger partial charge in [-0.3, -0.25) is 14.4 Å². The summed E-state index contributed by atoms with van der Waals surface area (Å²) in [6.07, 6.45) is -0.189. The number of benzene rings is 1. The number of carbonyl (C=O) groups excluding carboxylic acids is 3. The lowest BCUT2D eigenvalue weighted by Crippen LogP contribution is -2.36. The van der Waals surface area contributed by atoms with E-state index in [1.165, 1.54) is 6.92 Å². The van der Waals surface area contributed by atoms with E-state index >= 15 is 0 Å². The number of aliphatic carboxylic acids is 1. The Morgan fingerprint density at radius 3 is 2.00 bits per heavy atom. The molecule has 0 saturated heterocycles. The first-order valence-electron chi connectivity index (χ1n) is 8.30. The first kappa shape index (κ1) is 21.1. The van der Waals surface area contributed by atoms with Gasteiger partial charge in [0.25, 0.3) is 0 Å². The quantitative estimate of drug-likeness (QED) is 0.478. The molecule has 0 bridgehead atoms. The fourth-order valence-corrected chi connectivity index (χ4v) is 2.45. The fraction of sp³-hybridized carbons (Fsp3) is 0.444.